The summed E-state index contributed by atoms with van der Waals surface area (Å²) in [6.07, 6.45) is 4.15. The van der Waals surface area contributed by atoms with Gasteiger partial charge in [0.05, 0.1) is 30.5 Å². The monoisotopic (exact) mass is 497 g/mol. The first-order valence-electron chi connectivity index (χ1n) is 10.8. The van der Waals surface area contributed by atoms with E-state index in [9.17, 15) is 9.59 Å². The number of amides is 1. The Morgan fingerprint density at radius 3 is 2.88 bits per heavy atom. The Balaban J connectivity index is 1.53. The van der Waals surface area contributed by atoms with E-state index in [1.54, 1.807) is 34.4 Å². The number of thioether (sulfide) groups is 1. The number of para-hydroxylation sites is 2. The van der Waals surface area contributed by atoms with Crippen molar-refractivity contribution in [2.24, 2.45) is 0 Å². The smallest absolute Gasteiger partial charge is 0.267 e. The largest absolute Gasteiger partial charge is 0.495 e. The number of benzene rings is 1. The molecule has 0 atom stereocenters. The summed E-state index contributed by atoms with van der Waals surface area (Å²) in [5.74, 6) is 0.664. The molecule has 1 amide bonds. The number of nitrogens with zero attached hydrogens (tertiary/aromatic N) is 2. The summed E-state index contributed by atoms with van der Waals surface area (Å²) in [5.41, 5.74) is 1.69. The lowest BCUT2D eigenvalue weighted by atomic mass is 9.97. The van der Waals surface area contributed by atoms with Crippen LogP contribution in [0.3, 0.4) is 0 Å². The number of carbonyl (C=O) groups is 1. The summed E-state index contributed by atoms with van der Waals surface area (Å²) in [7, 11) is 1.59. The van der Waals surface area contributed by atoms with E-state index >= 15 is 0 Å². The van der Waals surface area contributed by atoms with Crippen molar-refractivity contribution >= 4 is 50.6 Å². The molecule has 0 bridgehead atoms. The summed E-state index contributed by atoms with van der Waals surface area (Å²) in [6, 6.07) is 11.4. The van der Waals surface area contributed by atoms with Gasteiger partial charge in [0.25, 0.3) is 5.56 Å². The molecule has 170 valence electrons. The van der Waals surface area contributed by atoms with Gasteiger partial charge < -0.3 is 10.1 Å². The fraction of sp³-hybridized carbons (Fsp3) is 0.292. The number of aromatic nitrogens is 2. The molecule has 3 aromatic heterocycles. The Morgan fingerprint density at radius 1 is 1.21 bits per heavy atom. The molecular formula is C24H23N3O3S3. The third-order valence-corrected chi connectivity index (χ3v) is 8.66. The molecule has 3 heterocycles. The minimum atomic E-state index is -0.0974. The van der Waals surface area contributed by atoms with Gasteiger partial charge >= 0.3 is 0 Å². The van der Waals surface area contributed by atoms with Crippen molar-refractivity contribution in [3.05, 3.63) is 67.4 Å². The second kappa shape index (κ2) is 9.70. The number of thiophene rings is 2. The fourth-order valence-corrected chi connectivity index (χ4v) is 6.87. The standard InChI is InChI=1S/C24H23N3O3S3/c1-30-18-10-4-3-9-17(18)27-23(29)21-16-8-2-5-11-19(16)33-22(21)26-24(27)32-14-20(28)25-13-15-7-6-12-31-15/h3-4,6-7,9-10,12H,2,5,8,11,13-14H2,1H3,(H,25,28). The van der Waals surface area contributed by atoms with Crippen LogP contribution in [-0.4, -0.2) is 28.3 Å². The van der Waals surface area contributed by atoms with Gasteiger partial charge in [-0.05, 0) is 54.8 Å². The minimum Gasteiger partial charge on any atom is -0.495 e. The van der Waals surface area contributed by atoms with Gasteiger partial charge in [-0.2, -0.15) is 0 Å². The number of rotatable bonds is 7. The van der Waals surface area contributed by atoms with Gasteiger partial charge in [0, 0.05) is 9.75 Å². The topological polar surface area (TPSA) is 73.2 Å². The van der Waals surface area contributed by atoms with Crippen LogP contribution >= 0.6 is 34.4 Å². The lowest BCUT2D eigenvalue weighted by molar-refractivity contribution is -0.118. The molecule has 0 radical (unpaired) electrons. The molecule has 1 aliphatic rings. The quantitative estimate of drug-likeness (QED) is 0.293. The molecule has 4 aromatic rings. The van der Waals surface area contributed by atoms with E-state index in [2.05, 4.69) is 5.32 Å². The first-order valence-corrected chi connectivity index (χ1v) is 13.5. The van der Waals surface area contributed by atoms with Gasteiger partial charge in [0.15, 0.2) is 5.16 Å². The van der Waals surface area contributed by atoms with Gasteiger partial charge in [0.2, 0.25) is 5.91 Å². The molecule has 0 aliphatic heterocycles. The number of hydrogen-bond donors (Lipinski definition) is 1. The summed E-state index contributed by atoms with van der Waals surface area (Å²) in [6.45, 7) is 0.500. The van der Waals surface area contributed by atoms with Crippen LogP contribution in [0.1, 0.15) is 28.2 Å². The maximum atomic E-state index is 13.8. The van der Waals surface area contributed by atoms with Gasteiger partial charge in [-0.15, -0.1) is 22.7 Å². The normalized spacial score (nSPS) is 13.1. The summed E-state index contributed by atoms with van der Waals surface area (Å²) in [4.78, 5) is 34.4. The molecule has 33 heavy (non-hydrogen) atoms. The fourth-order valence-electron chi connectivity index (χ4n) is 4.09. The molecule has 1 N–H and O–H groups in total. The number of hydrogen-bond acceptors (Lipinski definition) is 7. The van der Waals surface area contributed by atoms with Crippen molar-refractivity contribution < 1.29 is 9.53 Å². The second-order valence-corrected chi connectivity index (χ2v) is 10.8. The molecule has 5 rings (SSSR count). The maximum absolute atomic E-state index is 13.8. The Bertz CT molecular complexity index is 1360. The van der Waals surface area contributed by atoms with Crippen molar-refractivity contribution in [1.82, 2.24) is 14.9 Å². The zero-order chi connectivity index (χ0) is 22.8. The highest BCUT2D eigenvalue weighted by atomic mass is 32.2. The first kappa shape index (κ1) is 22.2. The highest BCUT2D eigenvalue weighted by Gasteiger charge is 2.24. The van der Waals surface area contributed by atoms with E-state index in [0.29, 0.717) is 28.5 Å². The summed E-state index contributed by atoms with van der Waals surface area (Å²) >= 11 is 4.50. The Morgan fingerprint density at radius 2 is 2.06 bits per heavy atom. The molecule has 6 nitrogen and oxygen atoms in total. The lowest BCUT2D eigenvalue weighted by Gasteiger charge is -2.15. The van der Waals surface area contributed by atoms with Crippen LogP contribution in [-0.2, 0) is 24.2 Å². The molecular weight excluding hydrogens is 474 g/mol. The molecule has 0 spiro atoms. The zero-order valence-electron chi connectivity index (χ0n) is 18.1. The molecule has 1 aliphatic carbocycles. The van der Waals surface area contributed by atoms with E-state index in [0.717, 1.165) is 41.0 Å². The highest BCUT2D eigenvalue weighted by molar-refractivity contribution is 7.99. The van der Waals surface area contributed by atoms with E-state index in [1.807, 2.05) is 41.8 Å². The molecule has 0 saturated carbocycles. The third kappa shape index (κ3) is 4.45. The van der Waals surface area contributed by atoms with E-state index < -0.39 is 0 Å². The molecule has 0 saturated heterocycles. The number of methoxy groups -OCH3 is 1. The Hall–Kier alpha value is -2.62. The number of ether oxygens (including phenoxy) is 1. The van der Waals surface area contributed by atoms with E-state index in [-0.39, 0.29) is 17.2 Å². The molecule has 0 fully saturated rings. The van der Waals surface area contributed by atoms with Crippen molar-refractivity contribution in [1.29, 1.82) is 0 Å². The molecule has 9 heteroatoms. The maximum Gasteiger partial charge on any atom is 0.267 e. The van der Waals surface area contributed by atoms with Gasteiger partial charge in [-0.25, -0.2) is 4.98 Å². The molecule has 0 unspecified atom stereocenters. The average Bonchev–Trinajstić information content (AvgIpc) is 3.49. The van der Waals surface area contributed by atoms with Crippen LogP contribution in [0.25, 0.3) is 15.9 Å². The van der Waals surface area contributed by atoms with Gasteiger partial charge in [-0.1, -0.05) is 30.0 Å². The highest BCUT2D eigenvalue weighted by Crippen LogP contribution is 2.36. The Labute approximate surface area is 203 Å². The van der Waals surface area contributed by atoms with Crippen molar-refractivity contribution in [3.8, 4) is 11.4 Å². The number of nitrogens with one attached hydrogen (secondary N) is 1. The Kier molecular flexibility index (Phi) is 6.52. The van der Waals surface area contributed by atoms with Crippen LogP contribution in [0.2, 0.25) is 0 Å². The van der Waals surface area contributed by atoms with Crippen LogP contribution in [0.15, 0.2) is 51.7 Å². The number of fused-ring (bicyclic) bond motifs is 3. The van der Waals surface area contributed by atoms with Crippen LogP contribution in [0.5, 0.6) is 5.75 Å². The summed E-state index contributed by atoms with van der Waals surface area (Å²) in [5, 5.41) is 6.15. The van der Waals surface area contributed by atoms with Crippen molar-refractivity contribution in [3.63, 3.8) is 0 Å². The van der Waals surface area contributed by atoms with Gasteiger partial charge in [-0.3, -0.25) is 14.2 Å². The number of aryl methyl sites for hydroxylation is 2. The van der Waals surface area contributed by atoms with Gasteiger partial charge in [0.1, 0.15) is 10.6 Å². The summed E-state index contributed by atoms with van der Waals surface area (Å²) < 4.78 is 7.16. The third-order valence-electron chi connectivity index (χ3n) is 5.66. The van der Waals surface area contributed by atoms with E-state index in [1.165, 1.54) is 16.6 Å². The van der Waals surface area contributed by atoms with Crippen LogP contribution in [0, 0.1) is 0 Å². The number of carbonyl (C=O) groups excluding carboxylic acids is 1. The zero-order valence-corrected chi connectivity index (χ0v) is 20.6. The minimum absolute atomic E-state index is 0.0922. The van der Waals surface area contributed by atoms with Crippen LogP contribution < -0.4 is 15.6 Å². The molecule has 1 aromatic carbocycles. The SMILES string of the molecule is COc1ccccc1-n1c(SCC(=O)NCc2cccs2)nc2sc3c(c2c1=O)CCCC3. The average molecular weight is 498 g/mol. The predicted molar refractivity (Wildman–Crippen MR) is 135 cm³/mol. The second-order valence-electron chi connectivity index (χ2n) is 7.74. The lowest BCUT2D eigenvalue weighted by Crippen LogP contribution is -2.26. The van der Waals surface area contributed by atoms with Crippen molar-refractivity contribution in [2.45, 2.75) is 37.4 Å². The van der Waals surface area contributed by atoms with E-state index in [4.69, 9.17) is 9.72 Å². The first-order chi connectivity index (χ1) is 16.2. The predicted octanol–water partition coefficient (Wildman–Crippen LogP) is 4.80. The van der Waals surface area contributed by atoms with Crippen LogP contribution in [0.4, 0.5) is 0 Å². The van der Waals surface area contributed by atoms with Crippen molar-refractivity contribution in [2.75, 3.05) is 12.9 Å².